The average molecular weight is 573 g/mol. The molecule has 220 valence electrons. The Bertz CT molecular complexity index is 1770. The lowest BCUT2D eigenvalue weighted by Gasteiger charge is -2.46. The number of allylic oxidation sites excluding steroid dienone is 1. The lowest BCUT2D eigenvalue weighted by atomic mass is 9.55. The van der Waals surface area contributed by atoms with Crippen molar-refractivity contribution in [2.24, 2.45) is 0 Å². The molecule has 0 nitrogen and oxygen atoms in total. The molecule has 2 aliphatic carbocycles. The minimum atomic E-state index is -0.384. The maximum absolute atomic E-state index is 2.55. The highest BCUT2D eigenvalue weighted by Crippen LogP contribution is 2.63. The first-order valence-corrected chi connectivity index (χ1v) is 16.2. The van der Waals surface area contributed by atoms with Gasteiger partial charge in [0.05, 0.1) is 0 Å². The van der Waals surface area contributed by atoms with Crippen molar-refractivity contribution in [1.82, 2.24) is 0 Å². The van der Waals surface area contributed by atoms with Gasteiger partial charge in [-0.15, -0.1) is 0 Å². The van der Waals surface area contributed by atoms with Crippen molar-refractivity contribution >= 4 is 6.08 Å². The summed E-state index contributed by atoms with van der Waals surface area (Å²) < 4.78 is 0. The van der Waals surface area contributed by atoms with Gasteiger partial charge in [-0.2, -0.15) is 0 Å². The first-order valence-electron chi connectivity index (χ1n) is 16.2. The van der Waals surface area contributed by atoms with Crippen LogP contribution in [0.4, 0.5) is 0 Å². The van der Waals surface area contributed by atoms with E-state index in [0.29, 0.717) is 0 Å². The van der Waals surface area contributed by atoms with Crippen LogP contribution in [0.1, 0.15) is 103 Å². The van der Waals surface area contributed by atoms with E-state index in [4.69, 9.17) is 0 Å². The van der Waals surface area contributed by atoms with Crippen LogP contribution in [-0.4, -0.2) is 0 Å². The Balaban J connectivity index is 1.65. The van der Waals surface area contributed by atoms with Crippen molar-refractivity contribution in [2.75, 3.05) is 0 Å². The molecule has 1 atom stereocenters. The summed E-state index contributed by atoms with van der Waals surface area (Å²) in [7, 11) is 0. The normalized spacial score (nSPS) is 16.1. The van der Waals surface area contributed by atoms with Crippen molar-refractivity contribution in [3.63, 3.8) is 0 Å². The van der Waals surface area contributed by atoms with E-state index < -0.39 is 0 Å². The summed E-state index contributed by atoms with van der Waals surface area (Å²) in [6, 6.07) is 44.4. The van der Waals surface area contributed by atoms with Crippen LogP contribution in [0.15, 0.2) is 121 Å². The van der Waals surface area contributed by atoms with Gasteiger partial charge >= 0.3 is 0 Å². The molecular weight excluding hydrogens is 528 g/mol. The van der Waals surface area contributed by atoms with Gasteiger partial charge in [-0.1, -0.05) is 175 Å². The van der Waals surface area contributed by atoms with E-state index in [1.165, 1.54) is 61.2 Å². The summed E-state index contributed by atoms with van der Waals surface area (Å²) in [5.74, 6) is 0.269. The molecule has 0 bridgehead atoms. The molecule has 0 saturated heterocycles. The third kappa shape index (κ3) is 4.42. The number of hydrogen-bond donors (Lipinski definition) is 0. The largest absolute Gasteiger partial charge is 0.0751 e. The van der Waals surface area contributed by atoms with Crippen LogP contribution in [0.2, 0.25) is 0 Å². The second kappa shape index (κ2) is 10.2. The molecule has 0 fully saturated rings. The Labute approximate surface area is 264 Å². The van der Waals surface area contributed by atoms with Crippen LogP contribution >= 0.6 is 0 Å². The van der Waals surface area contributed by atoms with Crippen LogP contribution < -0.4 is 0 Å². The lowest BCUT2D eigenvalue weighted by Crippen LogP contribution is -2.40. The van der Waals surface area contributed by atoms with E-state index in [-0.39, 0.29) is 28.1 Å². The van der Waals surface area contributed by atoms with Gasteiger partial charge < -0.3 is 0 Å². The lowest BCUT2D eigenvalue weighted by molar-refractivity contribution is 0.415. The van der Waals surface area contributed by atoms with Crippen molar-refractivity contribution < 1.29 is 0 Å². The molecule has 0 heteroatoms. The molecule has 0 aliphatic heterocycles. The van der Waals surface area contributed by atoms with E-state index in [0.717, 1.165) is 0 Å². The van der Waals surface area contributed by atoms with Crippen molar-refractivity contribution in [2.45, 2.75) is 76.5 Å². The molecule has 0 N–H and O–H groups in total. The van der Waals surface area contributed by atoms with Gasteiger partial charge in [0, 0.05) is 17.3 Å². The number of aryl methyl sites for hydroxylation is 1. The van der Waals surface area contributed by atoms with E-state index in [9.17, 15) is 0 Å². The van der Waals surface area contributed by atoms with Gasteiger partial charge in [-0.05, 0) is 73.4 Å². The molecule has 0 aromatic heterocycles. The Morgan fingerprint density at radius 3 is 1.45 bits per heavy atom. The zero-order valence-electron chi connectivity index (χ0n) is 27.3. The molecule has 0 saturated carbocycles. The third-order valence-electron chi connectivity index (χ3n) is 10.2. The standard InChI is InChI=1S/C44H44/c1-29-18-19-30-20-25-40(37(30)26-29)44(31-14-10-8-11-15-31,32-16-12-9-13-17-32)41-38-27-33(42(2,3)4)21-23-35(38)36-24-22-34(28-39(36)41)43(5,6)7/h8-28,40-41H,1-7H3. The van der Waals surface area contributed by atoms with Crippen LogP contribution in [0.5, 0.6) is 0 Å². The second-order valence-corrected chi connectivity index (χ2v) is 15.1. The van der Waals surface area contributed by atoms with Crippen LogP contribution in [0.25, 0.3) is 17.2 Å². The maximum Gasteiger partial charge on any atom is 0.0415 e. The van der Waals surface area contributed by atoms with Gasteiger partial charge in [0.1, 0.15) is 0 Å². The molecule has 0 spiro atoms. The van der Waals surface area contributed by atoms with Gasteiger partial charge in [0.15, 0.2) is 0 Å². The minimum absolute atomic E-state index is 0.0457. The van der Waals surface area contributed by atoms with Crippen molar-refractivity contribution in [3.8, 4) is 11.1 Å². The summed E-state index contributed by atoms with van der Waals surface area (Å²) >= 11 is 0. The predicted molar refractivity (Wildman–Crippen MR) is 188 cm³/mol. The van der Waals surface area contributed by atoms with E-state index in [1.54, 1.807) is 0 Å². The topological polar surface area (TPSA) is 0 Å². The molecular formula is C44H44. The molecule has 44 heavy (non-hydrogen) atoms. The first kappa shape index (κ1) is 28.6. The van der Waals surface area contributed by atoms with Gasteiger partial charge in [0.2, 0.25) is 0 Å². The number of rotatable bonds is 4. The molecule has 5 aromatic carbocycles. The Morgan fingerprint density at radius 1 is 0.477 bits per heavy atom. The fourth-order valence-electron chi connectivity index (χ4n) is 7.97. The highest BCUT2D eigenvalue weighted by molar-refractivity contribution is 5.83. The molecule has 7 rings (SSSR count). The quantitative estimate of drug-likeness (QED) is 0.201. The Kier molecular flexibility index (Phi) is 6.63. The first-order chi connectivity index (χ1) is 21.0. The molecule has 0 amide bonds. The summed E-state index contributed by atoms with van der Waals surface area (Å²) in [6.45, 7) is 16.3. The maximum atomic E-state index is 2.55. The molecule has 2 aliphatic rings. The van der Waals surface area contributed by atoms with Gasteiger partial charge in [-0.25, -0.2) is 0 Å². The number of fused-ring (bicyclic) bond motifs is 4. The third-order valence-corrected chi connectivity index (χ3v) is 10.2. The summed E-state index contributed by atoms with van der Waals surface area (Å²) in [4.78, 5) is 0. The minimum Gasteiger partial charge on any atom is -0.0751 e. The van der Waals surface area contributed by atoms with E-state index in [2.05, 4.69) is 176 Å². The number of hydrogen-bond acceptors (Lipinski definition) is 0. The smallest absolute Gasteiger partial charge is 0.0415 e. The molecule has 0 heterocycles. The van der Waals surface area contributed by atoms with Gasteiger partial charge in [0.25, 0.3) is 0 Å². The van der Waals surface area contributed by atoms with Crippen molar-refractivity contribution in [3.05, 3.63) is 171 Å². The monoisotopic (exact) mass is 572 g/mol. The Morgan fingerprint density at radius 2 is 0.977 bits per heavy atom. The number of benzene rings is 5. The van der Waals surface area contributed by atoms with E-state index >= 15 is 0 Å². The van der Waals surface area contributed by atoms with Crippen LogP contribution in [0, 0.1) is 6.92 Å². The van der Waals surface area contributed by atoms with E-state index in [1.807, 2.05) is 0 Å². The SMILES string of the molecule is Cc1ccc2c(c1)C(C(c1ccccc1)(c1ccccc1)C1c3cc(C(C)(C)C)ccc3-c3ccc(C(C)(C)C)cc31)C=C2. The van der Waals surface area contributed by atoms with Crippen LogP contribution in [0.3, 0.4) is 0 Å². The fraction of sp³-hybridized carbons (Fsp3) is 0.273. The molecule has 5 aromatic rings. The highest BCUT2D eigenvalue weighted by Gasteiger charge is 2.53. The van der Waals surface area contributed by atoms with Crippen molar-refractivity contribution in [1.29, 1.82) is 0 Å². The van der Waals surface area contributed by atoms with Crippen LogP contribution in [-0.2, 0) is 16.2 Å². The average Bonchev–Trinajstić information content (AvgIpc) is 3.57. The summed E-state index contributed by atoms with van der Waals surface area (Å²) in [5.41, 5.74) is 14.9. The Hall–Kier alpha value is -4.16. The van der Waals surface area contributed by atoms with Gasteiger partial charge in [-0.3, -0.25) is 0 Å². The molecule has 1 unspecified atom stereocenters. The zero-order chi connectivity index (χ0) is 30.9. The highest BCUT2D eigenvalue weighted by atomic mass is 14.5. The second-order valence-electron chi connectivity index (χ2n) is 15.1. The zero-order valence-corrected chi connectivity index (χ0v) is 27.3. The fourth-order valence-corrected chi connectivity index (χ4v) is 7.97. The molecule has 0 radical (unpaired) electrons. The summed E-state index contributed by atoms with van der Waals surface area (Å²) in [6.07, 6.45) is 4.87. The predicted octanol–water partition coefficient (Wildman–Crippen LogP) is 11.5. The summed E-state index contributed by atoms with van der Waals surface area (Å²) in [5, 5.41) is 0.